The van der Waals surface area contributed by atoms with Crippen LogP contribution in [0.3, 0.4) is 0 Å². The highest BCUT2D eigenvalue weighted by molar-refractivity contribution is 6.32. The lowest BCUT2D eigenvalue weighted by molar-refractivity contribution is -0.137. The van der Waals surface area contributed by atoms with E-state index in [1.165, 1.54) is 51.6 Å². The first kappa shape index (κ1) is 76.2. The highest BCUT2D eigenvalue weighted by Gasteiger charge is 2.32. The number of pyridine rings is 3. The van der Waals surface area contributed by atoms with Gasteiger partial charge in [0.25, 0.3) is 0 Å². The Kier molecular flexibility index (Phi) is 22.6. The van der Waals surface area contributed by atoms with E-state index in [0.717, 1.165) is 34.9 Å². The Balaban J connectivity index is 0.000000147. The molecule has 0 aliphatic carbocycles. The average Bonchev–Trinajstić information content (AvgIpc) is 1.61. The number of nitrogens with one attached hydrogen (secondary N) is 2. The van der Waals surface area contributed by atoms with Gasteiger partial charge in [-0.1, -0.05) is 79.9 Å². The summed E-state index contributed by atoms with van der Waals surface area (Å²) in [7, 11) is 0. The maximum atomic E-state index is 14.1. The Labute approximate surface area is 640 Å². The molecule has 0 radical (unpaired) electrons. The van der Waals surface area contributed by atoms with Gasteiger partial charge < -0.3 is 29.7 Å². The number of imidazole rings is 3. The largest absolute Gasteiger partial charge is 0.489 e. The Morgan fingerprint density at radius 3 is 1.44 bits per heavy atom. The maximum absolute atomic E-state index is 14.1. The quantitative estimate of drug-likeness (QED) is 0.0537. The number of ether oxygens (including phenoxy) is 3. The van der Waals surface area contributed by atoms with Gasteiger partial charge in [0.2, 0.25) is 17.7 Å². The number of carbonyl (C=O) groups is 3. The highest BCUT2D eigenvalue weighted by atomic mass is 35.5. The molecule has 0 unspecified atom stereocenters. The van der Waals surface area contributed by atoms with Crippen molar-refractivity contribution in [1.29, 1.82) is 0 Å². The van der Waals surface area contributed by atoms with Crippen LogP contribution < -0.4 is 41.9 Å². The summed E-state index contributed by atoms with van der Waals surface area (Å²) >= 11 is 6.47. The summed E-state index contributed by atoms with van der Waals surface area (Å²) in [5, 5.41) is 5.55. The fourth-order valence-corrected chi connectivity index (χ4v) is 13.1. The molecule has 3 amide bonds. The lowest BCUT2D eigenvalue weighted by Gasteiger charge is -2.15. The molecule has 0 spiro atoms. The fraction of sp³-hybridized carbons (Fsp3) is 0.118. The molecular weight excluding hydrogens is 1460 g/mol. The van der Waals surface area contributed by atoms with Crippen LogP contribution in [0.25, 0.3) is 61.5 Å². The van der Waals surface area contributed by atoms with Gasteiger partial charge in [-0.05, 0) is 201 Å². The van der Waals surface area contributed by atoms with Crippen LogP contribution in [0.1, 0.15) is 45.8 Å². The standard InChI is InChI=1S/C29H20ClF3N4O3.C29H23FN4O3.C27H25FN4O3/c1-2-27(38)35-20-7-4-8-21(14-20)36-24-11-12-34-16-25(24)37(28(36)39)22-9-10-26(23(30)15-22)40-17-18-5-3-6-19(13-18)29(31,32)33;1-3-28(35)32-21-5-4-6-23(16-21)34-26-13-14-31-17-27(26)33(29(34)36)22-9-11-24(12-10-22)37-18-20-8-7-19(2)15-25(20)30;1-3-26(33)30-13-11-21(16-30)32-24-10-12-29-15-25(24)31(27(32)34)20-6-8-22(9-7-20)35-17-19-5-4-18(2)14-23(19)28/h2-16H,1,17H2,(H,35,38);3-17H,1,18H2,2H3,(H,32,35);3-10,12,14-15,21H,1,11,13,16-17H2,2H3/t;;21-/m..1/s1. The number of hydrogen-bond donors (Lipinski definition) is 2. The minimum atomic E-state index is -4.46. The molecular formula is C85H68ClF5N12O9. The van der Waals surface area contributed by atoms with Gasteiger partial charge in [0.15, 0.2) is 0 Å². The maximum Gasteiger partial charge on any atom is 0.416 e. The molecule has 1 saturated heterocycles. The van der Waals surface area contributed by atoms with Gasteiger partial charge >= 0.3 is 23.2 Å². The summed E-state index contributed by atoms with van der Waals surface area (Å²) < 4.78 is 93.9. The van der Waals surface area contributed by atoms with Gasteiger partial charge in [-0.15, -0.1) is 0 Å². The van der Waals surface area contributed by atoms with Crippen LogP contribution >= 0.6 is 11.6 Å². The Morgan fingerprint density at radius 1 is 0.500 bits per heavy atom. The number of fused-ring (bicyclic) bond motifs is 3. The zero-order chi connectivity index (χ0) is 78.9. The molecule has 0 saturated carbocycles. The monoisotopic (exact) mass is 1530 g/mol. The SMILES string of the molecule is C=CC(=O)N1CC[C@@H](n2c(=O)n(-c3ccc(OCc4ccc(C)cc4F)cc3)c3cnccc32)C1.C=CC(=O)Nc1cccc(-n2c(=O)n(-c3ccc(OCc4ccc(C)cc4F)cc3)c3cnccc32)c1.C=CC(=O)Nc1cccc(-n2c(=O)n(-c3ccc(OCc4cccc(C(F)(F)F)c4)c(Cl)c3)c3cnccc32)c1. The predicted octanol–water partition coefficient (Wildman–Crippen LogP) is 16.1. The Hall–Kier alpha value is -14.0. The zero-order valence-corrected chi connectivity index (χ0v) is 60.8. The topological polar surface area (TPSA) is 226 Å². The second kappa shape index (κ2) is 33.2. The predicted molar refractivity (Wildman–Crippen MR) is 418 cm³/mol. The van der Waals surface area contributed by atoms with Crippen LogP contribution in [0.15, 0.2) is 284 Å². The third kappa shape index (κ3) is 16.7. The van der Waals surface area contributed by atoms with Gasteiger partial charge in [-0.2, -0.15) is 13.2 Å². The van der Waals surface area contributed by atoms with Crippen LogP contribution in [0.2, 0.25) is 5.02 Å². The van der Waals surface area contributed by atoms with E-state index in [1.54, 1.807) is 194 Å². The molecule has 21 nitrogen and oxygen atoms in total. The normalized spacial score (nSPS) is 12.5. The smallest absolute Gasteiger partial charge is 0.416 e. The number of benzene rings is 8. The second-order valence-electron chi connectivity index (χ2n) is 25.8. The summed E-state index contributed by atoms with van der Waals surface area (Å²) in [5.41, 5.74) is 8.89. The van der Waals surface area contributed by atoms with Crippen LogP contribution in [-0.2, 0) is 40.4 Å². The average molecular weight is 1530 g/mol. The van der Waals surface area contributed by atoms with E-state index in [1.807, 2.05) is 32.0 Å². The third-order valence-corrected chi connectivity index (χ3v) is 18.6. The van der Waals surface area contributed by atoms with Crippen molar-refractivity contribution in [2.24, 2.45) is 0 Å². The molecule has 112 heavy (non-hydrogen) atoms. The van der Waals surface area contributed by atoms with Gasteiger partial charge in [0, 0.05) is 54.2 Å². The first-order valence-electron chi connectivity index (χ1n) is 34.8. The molecule has 27 heteroatoms. The van der Waals surface area contributed by atoms with E-state index in [0.29, 0.717) is 115 Å². The van der Waals surface area contributed by atoms with Gasteiger partial charge in [-0.3, -0.25) is 56.7 Å². The number of hydrogen-bond acceptors (Lipinski definition) is 12. The molecule has 1 atom stereocenters. The van der Waals surface area contributed by atoms with E-state index < -0.39 is 17.4 Å². The van der Waals surface area contributed by atoms with Crippen molar-refractivity contribution in [2.75, 3.05) is 23.7 Å². The number of alkyl halides is 3. The first-order chi connectivity index (χ1) is 54.0. The van der Waals surface area contributed by atoms with E-state index in [2.05, 4.69) is 45.3 Å². The molecule has 8 aromatic carbocycles. The lowest BCUT2D eigenvalue weighted by Crippen LogP contribution is -2.31. The molecule has 0 bridgehead atoms. The Morgan fingerprint density at radius 2 is 0.955 bits per heavy atom. The molecule has 15 rings (SSSR count). The molecule has 6 aromatic heterocycles. The number of aromatic nitrogens is 9. The van der Waals surface area contributed by atoms with Crippen molar-refractivity contribution >= 4 is 73.8 Å². The highest BCUT2D eigenvalue weighted by Crippen LogP contribution is 2.34. The molecule has 564 valence electrons. The molecule has 7 heterocycles. The number of aryl methyl sites for hydroxylation is 2. The molecule has 14 aromatic rings. The first-order valence-corrected chi connectivity index (χ1v) is 35.2. The summed E-state index contributed by atoms with van der Waals surface area (Å²) in [6.07, 6.45) is 9.52. The summed E-state index contributed by atoms with van der Waals surface area (Å²) in [4.78, 5) is 90.8. The van der Waals surface area contributed by atoms with Gasteiger partial charge in [0.1, 0.15) is 48.7 Å². The zero-order valence-electron chi connectivity index (χ0n) is 60.0. The number of carbonyl (C=O) groups excluding carboxylic acids is 3. The van der Waals surface area contributed by atoms with Gasteiger partial charge in [-0.25, -0.2) is 23.2 Å². The number of nitrogens with zero attached hydrogens (tertiary/aromatic N) is 10. The fourth-order valence-electron chi connectivity index (χ4n) is 12.9. The summed E-state index contributed by atoms with van der Waals surface area (Å²) in [5.74, 6) is -0.118. The summed E-state index contributed by atoms with van der Waals surface area (Å²) in [6.45, 7) is 15.2. The minimum absolute atomic E-state index is 0.0906. The summed E-state index contributed by atoms with van der Waals surface area (Å²) in [6, 6.07) is 52.6. The van der Waals surface area contributed by atoms with E-state index in [-0.39, 0.29) is 77.4 Å². The van der Waals surface area contributed by atoms with E-state index in [9.17, 15) is 50.7 Å². The van der Waals surface area contributed by atoms with Crippen LogP contribution in [0, 0.1) is 25.5 Å². The van der Waals surface area contributed by atoms with E-state index >= 15 is 0 Å². The number of amides is 3. The van der Waals surface area contributed by atoms with Crippen LogP contribution in [0.4, 0.5) is 33.3 Å². The van der Waals surface area contributed by atoms with Crippen molar-refractivity contribution in [3.8, 4) is 45.7 Å². The van der Waals surface area contributed by atoms with Crippen LogP contribution in [0.5, 0.6) is 17.2 Å². The Bertz CT molecular complexity index is 6150. The van der Waals surface area contributed by atoms with Crippen molar-refractivity contribution < 1.29 is 50.5 Å². The molecule has 1 aliphatic rings. The molecule has 2 N–H and O–H groups in total. The van der Waals surface area contributed by atoms with Gasteiger partial charge in [0.05, 0.1) is 96.8 Å². The van der Waals surface area contributed by atoms with Crippen LogP contribution in [-0.4, -0.2) is 78.1 Å². The number of halogens is 6. The minimum Gasteiger partial charge on any atom is -0.489 e. The van der Waals surface area contributed by atoms with Crippen molar-refractivity contribution in [3.63, 3.8) is 0 Å². The molecule has 1 fully saturated rings. The number of likely N-dealkylation sites (tertiary alicyclic amines) is 1. The number of anilines is 2. The van der Waals surface area contributed by atoms with Crippen molar-refractivity contribution in [2.45, 2.75) is 52.3 Å². The van der Waals surface area contributed by atoms with E-state index in [4.69, 9.17) is 25.8 Å². The number of rotatable bonds is 20. The lowest BCUT2D eigenvalue weighted by atomic mass is 10.1. The van der Waals surface area contributed by atoms with Crippen molar-refractivity contribution in [3.05, 3.63) is 351 Å². The van der Waals surface area contributed by atoms with Crippen molar-refractivity contribution in [1.82, 2.24) is 47.3 Å². The molecule has 1 aliphatic heterocycles. The second-order valence-corrected chi connectivity index (χ2v) is 26.2. The third-order valence-electron chi connectivity index (χ3n) is 18.3.